The molecule has 3 fully saturated rings. The molecule has 0 radical (unpaired) electrons. The van der Waals surface area contributed by atoms with E-state index in [-0.39, 0.29) is 0 Å². The van der Waals surface area contributed by atoms with Gasteiger partial charge in [-0.25, -0.2) is 0 Å². The SMILES string of the molecule is C=C1/C(=C\C=C2/CCC[C@]3(C)[C@@H]([C@H](C)CCCC(O)(CC)CC)CC[C@@H]23)C[C@H](O)C[C@H]1O. The van der Waals surface area contributed by atoms with Crippen LogP contribution in [0.4, 0.5) is 0 Å². The van der Waals surface area contributed by atoms with Crippen molar-refractivity contribution in [1.29, 1.82) is 0 Å². The van der Waals surface area contributed by atoms with Crippen molar-refractivity contribution in [3.8, 4) is 0 Å². The zero-order chi connectivity index (χ0) is 23.5. The predicted molar refractivity (Wildman–Crippen MR) is 133 cm³/mol. The van der Waals surface area contributed by atoms with Crippen LogP contribution in [0.15, 0.2) is 35.5 Å². The Kier molecular flexibility index (Phi) is 8.50. The van der Waals surface area contributed by atoms with Gasteiger partial charge in [0.2, 0.25) is 0 Å². The van der Waals surface area contributed by atoms with Gasteiger partial charge in [-0.2, -0.15) is 0 Å². The fourth-order valence-electron chi connectivity index (χ4n) is 7.24. The first-order valence-electron chi connectivity index (χ1n) is 13.3. The van der Waals surface area contributed by atoms with Crippen LogP contribution in [0, 0.1) is 23.2 Å². The van der Waals surface area contributed by atoms with Gasteiger partial charge in [0.05, 0.1) is 17.8 Å². The molecule has 0 aromatic carbocycles. The Bertz CT molecular complexity index is 716. The summed E-state index contributed by atoms with van der Waals surface area (Å²) in [7, 11) is 0. The first kappa shape index (κ1) is 25.7. The third-order valence-corrected chi connectivity index (χ3v) is 9.61. The second kappa shape index (κ2) is 10.6. The summed E-state index contributed by atoms with van der Waals surface area (Å²) in [6.07, 6.45) is 15.7. The molecule has 0 amide bonds. The van der Waals surface area contributed by atoms with Gasteiger partial charge < -0.3 is 15.3 Å². The Morgan fingerprint density at radius 2 is 1.91 bits per heavy atom. The Balaban J connectivity index is 1.67. The largest absolute Gasteiger partial charge is 0.393 e. The molecule has 0 spiro atoms. The summed E-state index contributed by atoms with van der Waals surface area (Å²) in [5.41, 5.74) is 3.26. The topological polar surface area (TPSA) is 60.7 Å². The van der Waals surface area contributed by atoms with Crippen molar-refractivity contribution in [2.24, 2.45) is 23.2 Å². The third-order valence-electron chi connectivity index (χ3n) is 9.61. The summed E-state index contributed by atoms with van der Waals surface area (Å²) < 4.78 is 0. The monoisotopic (exact) mass is 444 g/mol. The fourth-order valence-corrected chi connectivity index (χ4v) is 7.24. The fraction of sp³-hybridized carbons (Fsp3) is 0.793. The molecule has 3 N–H and O–H groups in total. The van der Waals surface area contributed by atoms with Gasteiger partial charge >= 0.3 is 0 Å². The summed E-state index contributed by atoms with van der Waals surface area (Å²) in [5.74, 6) is 2.10. The molecule has 3 nitrogen and oxygen atoms in total. The maximum absolute atomic E-state index is 10.6. The average Bonchev–Trinajstić information content (AvgIpc) is 3.12. The van der Waals surface area contributed by atoms with Crippen molar-refractivity contribution in [2.75, 3.05) is 0 Å². The van der Waals surface area contributed by atoms with Gasteiger partial charge in [0.1, 0.15) is 0 Å². The van der Waals surface area contributed by atoms with Crippen molar-refractivity contribution >= 4 is 0 Å². The Labute approximate surface area is 196 Å². The van der Waals surface area contributed by atoms with E-state index >= 15 is 0 Å². The molecule has 0 aromatic heterocycles. The van der Waals surface area contributed by atoms with E-state index in [1.165, 1.54) is 38.5 Å². The van der Waals surface area contributed by atoms with Crippen LogP contribution >= 0.6 is 0 Å². The Hall–Kier alpha value is -0.900. The number of rotatable bonds is 8. The van der Waals surface area contributed by atoms with Gasteiger partial charge in [-0.15, -0.1) is 0 Å². The molecule has 0 bridgehead atoms. The van der Waals surface area contributed by atoms with Gasteiger partial charge in [0.25, 0.3) is 0 Å². The second-order valence-corrected chi connectivity index (χ2v) is 11.5. The molecule has 3 rings (SSSR count). The standard InChI is InChI=1S/C29H48O3/c1-6-29(32,7-2)17-8-10-20(3)25-14-15-26-22(11-9-16-28(25,26)5)12-13-23-18-24(30)19-27(31)21(23)4/h12-13,20,24-27,30-32H,4,6-11,14-19H2,1-3,5H3/b22-12+,23-13-/t20-,24+,25-,26+,27-,28-/m1/s1. The van der Waals surface area contributed by atoms with E-state index in [1.807, 2.05) is 0 Å². The molecule has 6 atom stereocenters. The van der Waals surface area contributed by atoms with Crippen LogP contribution < -0.4 is 0 Å². The number of hydrogen-bond acceptors (Lipinski definition) is 3. The van der Waals surface area contributed by atoms with E-state index in [4.69, 9.17) is 0 Å². The van der Waals surface area contributed by atoms with Gasteiger partial charge in [-0.05, 0) is 92.1 Å². The van der Waals surface area contributed by atoms with Crippen LogP contribution in [0.3, 0.4) is 0 Å². The van der Waals surface area contributed by atoms with E-state index in [2.05, 4.69) is 46.4 Å². The van der Waals surface area contributed by atoms with Crippen molar-refractivity contribution in [2.45, 2.75) is 123 Å². The van der Waals surface area contributed by atoms with Crippen molar-refractivity contribution in [1.82, 2.24) is 0 Å². The Morgan fingerprint density at radius 1 is 1.19 bits per heavy atom. The number of hydrogen-bond donors (Lipinski definition) is 3. The molecule has 3 saturated carbocycles. The zero-order valence-corrected chi connectivity index (χ0v) is 21.1. The number of allylic oxidation sites excluding steroid dienone is 3. The molecule has 0 heterocycles. The van der Waals surface area contributed by atoms with Crippen LogP contribution in [0.25, 0.3) is 0 Å². The van der Waals surface area contributed by atoms with E-state index in [9.17, 15) is 15.3 Å². The predicted octanol–water partition coefficient (Wildman–Crippen LogP) is 6.48. The first-order chi connectivity index (χ1) is 15.1. The lowest BCUT2D eigenvalue weighted by Gasteiger charge is -2.44. The highest BCUT2D eigenvalue weighted by molar-refractivity contribution is 5.38. The lowest BCUT2D eigenvalue weighted by Crippen LogP contribution is -2.36. The first-order valence-corrected chi connectivity index (χ1v) is 13.3. The zero-order valence-electron chi connectivity index (χ0n) is 21.1. The highest BCUT2D eigenvalue weighted by Gasteiger charge is 2.50. The molecule has 32 heavy (non-hydrogen) atoms. The molecule has 3 aliphatic rings. The molecular weight excluding hydrogens is 396 g/mol. The summed E-state index contributed by atoms with van der Waals surface area (Å²) in [6.45, 7) is 13.3. The van der Waals surface area contributed by atoms with Gasteiger partial charge in [0, 0.05) is 6.42 Å². The van der Waals surface area contributed by atoms with Crippen molar-refractivity contribution in [3.05, 3.63) is 35.5 Å². The summed E-state index contributed by atoms with van der Waals surface area (Å²) in [5, 5.41) is 30.9. The Morgan fingerprint density at radius 3 is 2.59 bits per heavy atom. The number of aliphatic hydroxyl groups excluding tert-OH is 2. The molecule has 0 aliphatic heterocycles. The second-order valence-electron chi connectivity index (χ2n) is 11.5. The molecule has 3 aliphatic carbocycles. The van der Waals surface area contributed by atoms with Crippen LogP contribution in [0.1, 0.15) is 105 Å². The molecule has 182 valence electrons. The van der Waals surface area contributed by atoms with E-state index in [1.54, 1.807) is 5.57 Å². The average molecular weight is 445 g/mol. The van der Waals surface area contributed by atoms with Gasteiger partial charge in [-0.1, -0.05) is 64.8 Å². The van der Waals surface area contributed by atoms with Crippen molar-refractivity contribution < 1.29 is 15.3 Å². The van der Waals surface area contributed by atoms with Crippen LogP contribution in [0.2, 0.25) is 0 Å². The maximum Gasteiger partial charge on any atom is 0.0811 e. The minimum absolute atomic E-state index is 0.371. The van der Waals surface area contributed by atoms with Gasteiger partial charge in [-0.3, -0.25) is 0 Å². The van der Waals surface area contributed by atoms with Crippen LogP contribution in [-0.2, 0) is 0 Å². The molecule has 3 heteroatoms. The third kappa shape index (κ3) is 5.42. The van der Waals surface area contributed by atoms with E-state index in [0.29, 0.717) is 30.1 Å². The summed E-state index contributed by atoms with van der Waals surface area (Å²) >= 11 is 0. The smallest absolute Gasteiger partial charge is 0.0811 e. The normalized spacial score (nSPS) is 37.2. The van der Waals surface area contributed by atoms with E-state index in [0.717, 1.165) is 42.7 Å². The lowest BCUT2D eigenvalue weighted by atomic mass is 9.60. The quantitative estimate of drug-likeness (QED) is 0.401. The minimum atomic E-state index is -0.616. The van der Waals surface area contributed by atoms with Gasteiger partial charge in [0.15, 0.2) is 0 Å². The maximum atomic E-state index is 10.6. The van der Waals surface area contributed by atoms with Crippen LogP contribution in [0.5, 0.6) is 0 Å². The van der Waals surface area contributed by atoms with Crippen LogP contribution in [-0.4, -0.2) is 33.1 Å². The number of fused-ring (bicyclic) bond motifs is 1. The minimum Gasteiger partial charge on any atom is -0.393 e. The summed E-state index contributed by atoms with van der Waals surface area (Å²) in [4.78, 5) is 0. The number of aliphatic hydroxyl groups is 3. The highest BCUT2D eigenvalue weighted by Crippen LogP contribution is 2.60. The molecular formula is C29H48O3. The van der Waals surface area contributed by atoms with E-state index < -0.39 is 17.8 Å². The summed E-state index contributed by atoms with van der Waals surface area (Å²) in [6, 6.07) is 0. The highest BCUT2D eigenvalue weighted by atomic mass is 16.3. The lowest BCUT2D eigenvalue weighted by molar-refractivity contribution is 0.0178. The molecule has 0 saturated heterocycles. The van der Waals surface area contributed by atoms with Crippen molar-refractivity contribution in [3.63, 3.8) is 0 Å². The molecule has 0 unspecified atom stereocenters. The molecule has 0 aromatic rings.